The van der Waals surface area contributed by atoms with Gasteiger partial charge in [-0.25, -0.2) is 9.97 Å². The van der Waals surface area contributed by atoms with Gasteiger partial charge in [-0.15, -0.1) is 11.3 Å². The molecule has 4 aromatic rings. The number of hydrogen-bond acceptors (Lipinski definition) is 4. The monoisotopic (exact) mass is 421 g/mol. The molecule has 130 valence electrons. The van der Waals surface area contributed by atoms with Crippen molar-refractivity contribution in [3.8, 4) is 22.5 Å². The van der Waals surface area contributed by atoms with E-state index in [-0.39, 0.29) is 5.56 Å². The van der Waals surface area contributed by atoms with E-state index in [9.17, 15) is 4.79 Å². The summed E-state index contributed by atoms with van der Waals surface area (Å²) in [5, 5.41) is 1.93. The molecule has 26 heavy (non-hydrogen) atoms. The first kappa shape index (κ1) is 17.5. The van der Waals surface area contributed by atoms with Crippen LogP contribution in [0.5, 0.6) is 0 Å². The number of fused-ring (bicyclic) bond motifs is 1. The van der Waals surface area contributed by atoms with E-state index in [1.165, 1.54) is 11.3 Å². The van der Waals surface area contributed by atoms with Crippen LogP contribution in [0.25, 0.3) is 32.7 Å². The van der Waals surface area contributed by atoms with Gasteiger partial charge < -0.3 is 4.98 Å². The fraction of sp³-hybridized carbons (Fsp3) is 0.0556. The first-order chi connectivity index (χ1) is 12.4. The number of benzene rings is 1. The molecule has 0 saturated carbocycles. The number of aromatic amines is 1. The average molecular weight is 423 g/mol. The third-order valence-electron chi connectivity index (χ3n) is 3.94. The molecule has 0 amide bonds. The smallest absolute Gasteiger partial charge is 0.260 e. The Morgan fingerprint density at radius 2 is 1.92 bits per heavy atom. The summed E-state index contributed by atoms with van der Waals surface area (Å²) in [6.45, 7) is 1.94. The summed E-state index contributed by atoms with van der Waals surface area (Å²) in [5.74, 6) is 0.446. The molecular weight excluding hydrogens is 413 g/mol. The fourth-order valence-electron chi connectivity index (χ4n) is 2.79. The van der Waals surface area contributed by atoms with E-state index in [0.29, 0.717) is 36.8 Å². The number of hydrogen-bond donors (Lipinski definition) is 1. The van der Waals surface area contributed by atoms with Gasteiger partial charge in [0, 0.05) is 37.8 Å². The number of pyridine rings is 1. The molecule has 8 heteroatoms. The van der Waals surface area contributed by atoms with Crippen LogP contribution >= 0.6 is 46.1 Å². The van der Waals surface area contributed by atoms with Crippen LogP contribution in [0, 0.1) is 6.92 Å². The molecule has 1 aromatic carbocycles. The molecule has 0 atom stereocenters. The van der Waals surface area contributed by atoms with Crippen LogP contribution in [0.2, 0.25) is 15.2 Å². The largest absolute Gasteiger partial charge is 0.306 e. The molecule has 0 fully saturated rings. The Hall–Kier alpha value is -1.92. The average Bonchev–Trinajstić information content (AvgIpc) is 2.92. The highest BCUT2D eigenvalue weighted by Crippen LogP contribution is 2.40. The van der Waals surface area contributed by atoms with Crippen LogP contribution in [0.1, 0.15) is 4.88 Å². The zero-order valence-electron chi connectivity index (χ0n) is 13.3. The molecule has 0 aliphatic carbocycles. The van der Waals surface area contributed by atoms with Crippen molar-refractivity contribution in [2.75, 3.05) is 0 Å². The number of aromatic nitrogens is 3. The van der Waals surface area contributed by atoms with E-state index >= 15 is 0 Å². The van der Waals surface area contributed by atoms with Crippen LogP contribution in [-0.2, 0) is 0 Å². The minimum absolute atomic E-state index is 0.231. The van der Waals surface area contributed by atoms with Crippen molar-refractivity contribution >= 4 is 56.4 Å². The van der Waals surface area contributed by atoms with Crippen molar-refractivity contribution < 1.29 is 0 Å². The standard InChI is InChI=1S/C18H10Cl3N3OS/c1-8-14(11-4-3-10(19)6-12(11)20)15-17(25)23-16(24-18(15)26-8)9-2-5-13(21)22-7-9/h2-7H,1H3,(H,23,24,25). The Morgan fingerprint density at radius 1 is 1.12 bits per heavy atom. The van der Waals surface area contributed by atoms with E-state index < -0.39 is 0 Å². The third-order valence-corrected chi connectivity index (χ3v) is 5.71. The number of rotatable bonds is 2. The molecule has 1 N–H and O–H groups in total. The minimum atomic E-state index is -0.231. The van der Waals surface area contributed by atoms with Crippen molar-refractivity contribution in [3.63, 3.8) is 0 Å². The topological polar surface area (TPSA) is 58.6 Å². The number of thiophene rings is 1. The number of H-pyrrole nitrogens is 1. The Bertz CT molecular complexity index is 1200. The van der Waals surface area contributed by atoms with Gasteiger partial charge in [-0.05, 0) is 31.2 Å². The first-order valence-corrected chi connectivity index (χ1v) is 9.50. The van der Waals surface area contributed by atoms with Crippen molar-refractivity contribution in [3.05, 3.63) is 67.0 Å². The lowest BCUT2D eigenvalue weighted by molar-refractivity contribution is 1.17. The summed E-state index contributed by atoms with van der Waals surface area (Å²) < 4.78 is 0. The molecule has 0 saturated heterocycles. The summed E-state index contributed by atoms with van der Waals surface area (Å²) in [4.78, 5) is 25.9. The highest BCUT2D eigenvalue weighted by Gasteiger charge is 2.19. The number of nitrogens with one attached hydrogen (secondary N) is 1. The highest BCUT2D eigenvalue weighted by atomic mass is 35.5. The Kier molecular flexibility index (Phi) is 4.49. The van der Waals surface area contributed by atoms with Gasteiger partial charge in [0.1, 0.15) is 15.8 Å². The summed E-state index contributed by atoms with van der Waals surface area (Å²) in [6.07, 6.45) is 1.57. The summed E-state index contributed by atoms with van der Waals surface area (Å²) >= 11 is 19.6. The van der Waals surface area contributed by atoms with Crippen molar-refractivity contribution in [2.24, 2.45) is 0 Å². The second-order valence-electron chi connectivity index (χ2n) is 5.62. The normalized spacial score (nSPS) is 11.2. The van der Waals surface area contributed by atoms with E-state index in [2.05, 4.69) is 15.0 Å². The van der Waals surface area contributed by atoms with Crippen molar-refractivity contribution in [1.82, 2.24) is 15.0 Å². The summed E-state index contributed by atoms with van der Waals surface area (Å²) in [6, 6.07) is 8.64. The van der Waals surface area contributed by atoms with Gasteiger partial charge in [-0.3, -0.25) is 4.79 Å². The molecule has 0 spiro atoms. The maximum Gasteiger partial charge on any atom is 0.260 e. The highest BCUT2D eigenvalue weighted by molar-refractivity contribution is 7.19. The second-order valence-corrected chi connectivity index (χ2v) is 8.06. The van der Waals surface area contributed by atoms with Crippen molar-refractivity contribution in [1.29, 1.82) is 0 Å². The van der Waals surface area contributed by atoms with Gasteiger partial charge in [0.05, 0.1) is 5.39 Å². The maximum atomic E-state index is 12.8. The molecule has 0 aliphatic heterocycles. The predicted molar refractivity (Wildman–Crippen MR) is 109 cm³/mol. The molecule has 3 aromatic heterocycles. The molecule has 0 unspecified atom stereocenters. The molecular formula is C18H10Cl3N3OS. The molecule has 0 aliphatic rings. The molecule has 3 heterocycles. The van der Waals surface area contributed by atoms with Crippen molar-refractivity contribution in [2.45, 2.75) is 6.92 Å². The lowest BCUT2D eigenvalue weighted by Crippen LogP contribution is -2.09. The van der Waals surface area contributed by atoms with E-state index in [1.807, 2.05) is 13.0 Å². The number of halogens is 3. The van der Waals surface area contributed by atoms with E-state index in [1.54, 1.807) is 30.5 Å². The van der Waals surface area contributed by atoms with E-state index in [4.69, 9.17) is 34.8 Å². The Morgan fingerprint density at radius 3 is 2.62 bits per heavy atom. The van der Waals surface area contributed by atoms with Crippen LogP contribution in [-0.4, -0.2) is 15.0 Å². The zero-order chi connectivity index (χ0) is 18.4. The third kappa shape index (κ3) is 3.01. The van der Waals surface area contributed by atoms with Gasteiger partial charge >= 0.3 is 0 Å². The Balaban J connectivity index is 1.96. The van der Waals surface area contributed by atoms with Gasteiger partial charge in [-0.2, -0.15) is 0 Å². The molecule has 0 radical (unpaired) electrons. The van der Waals surface area contributed by atoms with Gasteiger partial charge in [-0.1, -0.05) is 40.9 Å². The Labute approximate surface area is 167 Å². The number of aryl methyl sites for hydroxylation is 1. The molecule has 0 bridgehead atoms. The predicted octanol–water partition coefficient (Wildman–Crippen LogP) is 5.98. The zero-order valence-corrected chi connectivity index (χ0v) is 16.4. The summed E-state index contributed by atoms with van der Waals surface area (Å²) in [7, 11) is 0. The lowest BCUT2D eigenvalue weighted by Gasteiger charge is -2.06. The first-order valence-electron chi connectivity index (χ1n) is 7.55. The molecule has 4 nitrogen and oxygen atoms in total. The van der Waals surface area contributed by atoms with Crippen LogP contribution in [0.15, 0.2) is 41.3 Å². The fourth-order valence-corrected chi connectivity index (χ4v) is 4.44. The quantitative estimate of drug-likeness (QED) is 0.404. The van der Waals surface area contributed by atoms with Crippen LogP contribution in [0.3, 0.4) is 0 Å². The van der Waals surface area contributed by atoms with Crippen LogP contribution in [0.4, 0.5) is 0 Å². The second kappa shape index (κ2) is 6.67. The van der Waals surface area contributed by atoms with E-state index in [0.717, 1.165) is 16.0 Å². The van der Waals surface area contributed by atoms with Gasteiger partial charge in [0.2, 0.25) is 0 Å². The minimum Gasteiger partial charge on any atom is -0.306 e. The maximum absolute atomic E-state index is 12.8. The summed E-state index contributed by atoms with van der Waals surface area (Å²) in [5.41, 5.74) is 1.99. The number of nitrogens with zero attached hydrogens (tertiary/aromatic N) is 2. The van der Waals surface area contributed by atoms with Gasteiger partial charge in [0.25, 0.3) is 5.56 Å². The SMILES string of the molecule is Cc1sc2nc(-c3ccc(Cl)nc3)[nH]c(=O)c2c1-c1ccc(Cl)cc1Cl. The van der Waals surface area contributed by atoms with Gasteiger partial charge in [0.15, 0.2) is 0 Å². The lowest BCUT2D eigenvalue weighted by atomic mass is 10.0. The van der Waals surface area contributed by atoms with Crippen LogP contribution < -0.4 is 5.56 Å². The molecule has 4 rings (SSSR count).